The second kappa shape index (κ2) is 3.56. The van der Waals surface area contributed by atoms with Crippen LogP contribution in [-0.4, -0.2) is 57.0 Å². The van der Waals surface area contributed by atoms with Crippen molar-refractivity contribution in [2.75, 3.05) is 0 Å². The lowest BCUT2D eigenvalue weighted by molar-refractivity contribution is -0.275. The number of hydrogen-bond acceptors (Lipinski definition) is 6. The zero-order valence-electron chi connectivity index (χ0n) is 6.57. The Morgan fingerprint density at radius 2 is 1.62 bits per heavy atom. The minimum absolute atomic E-state index is 1.02. The van der Waals surface area contributed by atoms with Crippen molar-refractivity contribution in [1.82, 2.24) is 0 Å². The van der Waals surface area contributed by atoms with Crippen LogP contribution in [0.2, 0.25) is 0 Å². The number of rotatable bonds is 1. The molecule has 0 aromatic heterocycles. The van der Waals surface area contributed by atoms with Crippen molar-refractivity contribution in [3.63, 3.8) is 0 Å². The zero-order valence-corrected chi connectivity index (χ0v) is 6.57. The molecule has 7 nitrogen and oxygen atoms in total. The highest BCUT2D eigenvalue weighted by atomic mass is 16.6. The molecule has 13 heavy (non-hydrogen) atoms. The normalized spacial score (nSPS) is 46.0. The summed E-state index contributed by atoms with van der Waals surface area (Å²) in [6.07, 6.45) is -8.16. The van der Waals surface area contributed by atoms with Gasteiger partial charge in [0.15, 0.2) is 12.4 Å². The fourth-order valence-corrected chi connectivity index (χ4v) is 1.10. The van der Waals surface area contributed by atoms with Gasteiger partial charge in [-0.15, -0.1) is 0 Å². The molecule has 0 radical (unpaired) electrons. The summed E-state index contributed by atoms with van der Waals surface area (Å²) in [5.74, 6) is -1.02. The standard InChI is InChI=1S/C6H11NO6/c7-5(11)4-2(9)1(8)3(10)6(12)13-4/h1-4,6,8-10,12H,(H2,7,11)/t1-,2+,3+,4?,6+/m0/s1. The summed E-state index contributed by atoms with van der Waals surface area (Å²) < 4.78 is 4.46. The molecule has 1 saturated heterocycles. The Morgan fingerprint density at radius 1 is 1.08 bits per heavy atom. The molecule has 0 aromatic rings. The molecule has 1 aliphatic heterocycles. The molecule has 6 N–H and O–H groups in total. The van der Waals surface area contributed by atoms with Crippen LogP contribution < -0.4 is 5.73 Å². The van der Waals surface area contributed by atoms with E-state index in [1.165, 1.54) is 0 Å². The van der Waals surface area contributed by atoms with E-state index in [0.717, 1.165) is 0 Å². The molecule has 1 unspecified atom stereocenters. The SMILES string of the molecule is NC(=O)C1O[C@@H](O)[C@H](O)[C@@H](O)[C@H]1O. The van der Waals surface area contributed by atoms with E-state index in [-0.39, 0.29) is 0 Å². The first kappa shape index (κ1) is 10.4. The van der Waals surface area contributed by atoms with E-state index in [0.29, 0.717) is 0 Å². The fourth-order valence-electron chi connectivity index (χ4n) is 1.10. The maximum atomic E-state index is 10.6. The van der Waals surface area contributed by atoms with Crippen molar-refractivity contribution in [2.24, 2.45) is 5.73 Å². The summed E-state index contributed by atoms with van der Waals surface area (Å²) in [4.78, 5) is 10.6. The molecule has 1 rings (SSSR count). The van der Waals surface area contributed by atoms with E-state index in [4.69, 9.17) is 26.2 Å². The highest BCUT2D eigenvalue weighted by Gasteiger charge is 2.45. The zero-order chi connectivity index (χ0) is 10.2. The molecule has 1 aliphatic rings. The van der Waals surface area contributed by atoms with Gasteiger partial charge in [-0.25, -0.2) is 0 Å². The number of nitrogens with two attached hydrogens (primary N) is 1. The van der Waals surface area contributed by atoms with E-state index in [9.17, 15) is 4.79 Å². The fraction of sp³-hybridized carbons (Fsp3) is 0.833. The van der Waals surface area contributed by atoms with Crippen LogP contribution >= 0.6 is 0 Å². The number of carbonyl (C=O) groups excluding carboxylic acids is 1. The average molecular weight is 193 g/mol. The third-order valence-corrected chi connectivity index (χ3v) is 1.87. The third-order valence-electron chi connectivity index (χ3n) is 1.87. The Hall–Kier alpha value is -0.730. The smallest absolute Gasteiger partial charge is 0.249 e. The molecule has 7 heteroatoms. The molecule has 0 spiro atoms. The van der Waals surface area contributed by atoms with Crippen LogP contribution in [0.3, 0.4) is 0 Å². The van der Waals surface area contributed by atoms with E-state index in [1.54, 1.807) is 0 Å². The summed E-state index contributed by atoms with van der Waals surface area (Å²) in [6, 6.07) is 0. The Balaban J connectivity index is 2.76. The highest BCUT2D eigenvalue weighted by Crippen LogP contribution is 2.19. The molecular formula is C6H11NO6. The number of primary amides is 1. The molecule has 0 bridgehead atoms. The summed E-state index contributed by atoms with van der Waals surface area (Å²) in [5, 5.41) is 36.2. The Bertz CT molecular complexity index is 209. The van der Waals surface area contributed by atoms with Crippen molar-refractivity contribution >= 4 is 5.91 Å². The van der Waals surface area contributed by atoms with Crippen molar-refractivity contribution in [3.05, 3.63) is 0 Å². The molecule has 1 heterocycles. The summed E-state index contributed by atoms with van der Waals surface area (Å²) in [5.41, 5.74) is 4.80. The predicted octanol–water partition coefficient (Wildman–Crippen LogP) is -3.73. The number of aliphatic hydroxyl groups excluding tert-OH is 4. The van der Waals surface area contributed by atoms with Crippen molar-refractivity contribution in [3.8, 4) is 0 Å². The lowest BCUT2D eigenvalue weighted by Gasteiger charge is -2.36. The van der Waals surface area contributed by atoms with E-state index >= 15 is 0 Å². The van der Waals surface area contributed by atoms with Gasteiger partial charge < -0.3 is 30.9 Å². The summed E-state index contributed by atoms with van der Waals surface area (Å²) >= 11 is 0. The lowest BCUT2D eigenvalue weighted by atomic mass is 9.99. The van der Waals surface area contributed by atoms with Crippen LogP contribution in [0.15, 0.2) is 0 Å². The van der Waals surface area contributed by atoms with Gasteiger partial charge in [0, 0.05) is 0 Å². The number of aliphatic hydroxyl groups is 4. The second-order valence-corrected chi connectivity index (χ2v) is 2.82. The van der Waals surface area contributed by atoms with Gasteiger partial charge >= 0.3 is 0 Å². The van der Waals surface area contributed by atoms with Gasteiger partial charge in [0.05, 0.1) is 0 Å². The molecule has 1 fully saturated rings. The van der Waals surface area contributed by atoms with Gasteiger partial charge in [-0.1, -0.05) is 0 Å². The van der Waals surface area contributed by atoms with Crippen LogP contribution in [0.1, 0.15) is 0 Å². The van der Waals surface area contributed by atoms with Gasteiger partial charge in [0.25, 0.3) is 0 Å². The van der Waals surface area contributed by atoms with Crippen molar-refractivity contribution in [1.29, 1.82) is 0 Å². The van der Waals surface area contributed by atoms with Crippen LogP contribution in [0.25, 0.3) is 0 Å². The van der Waals surface area contributed by atoms with Gasteiger partial charge in [-0.05, 0) is 0 Å². The largest absolute Gasteiger partial charge is 0.387 e. The maximum Gasteiger partial charge on any atom is 0.249 e. The number of amides is 1. The topological polar surface area (TPSA) is 133 Å². The third kappa shape index (κ3) is 1.79. The molecule has 0 aliphatic carbocycles. The molecule has 5 atom stereocenters. The van der Waals surface area contributed by atoms with Gasteiger partial charge in [0.1, 0.15) is 18.3 Å². The number of hydrogen-bond donors (Lipinski definition) is 5. The molecular weight excluding hydrogens is 182 g/mol. The van der Waals surface area contributed by atoms with Gasteiger partial charge in [-0.3, -0.25) is 4.79 Å². The Labute approximate surface area is 73.4 Å². The first-order chi connectivity index (χ1) is 5.95. The monoisotopic (exact) mass is 193 g/mol. The Morgan fingerprint density at radius 3 is 2.08 bits per heavy atom. The van der Waals surface area contributed by atoms with Crippen LogP contribution in [0, 0.1) is 0 Å². The quantitative estimate of drug-likeness (QED) is 0.291. The van der Waals surface area contributed by atoms with Crippen LogP contribution in [-0.2, 0) is 9.53 Å². The second-order valence-electron chi connectivity index (χ2n) is 2.82. The van der Waals surface area contributed by atoms with Crippen molar-refractivity contribution < 1.29 is 30.0 Å². The molecule has 0 aromatic carbocycles. The highest BCUT2D eigenvalue weighted by molar-refractivity contribution is 5.79. The Kier molecular flexibility index (Phi) is 2.84. The average Bonchev–Trinajstić information content (AvgIpc) is 2.07. The van der Waals surface area contributed by atoms with Crippen LogP contribution in [0.5, 0.6) is 0 Å². The lowest BCUT2D eigenvalue weighted by Crippen LogP contribution is -2.60. The first-order valence-electron chi connectivity index (χ1n) is 3.62. The van der Waals surface area contributed by atoms with Gasteiger partial charge in [-0.2, -0.15) is 0 Å². The minimum Gasteiger partial charge on any atom is -0.387 e. The van der Waals surface area contributed by atoms with E-state index in [1.807, 2.05) is 0 Å². The van der Waals surface area contributed by atoms with E-state index in [2.05, 4.69) is 4.74 Å². The summed E-state index contributed by atoms with van der Waals surface area (Å²) in [6.45, 7) is 0. The number of ether oxygens (including phenoxy) is 1. The number of carbonyl (C=O) groups is 1. The maximum absolute atomic E-state index is 10.6. The predicted molar refractivity (Wildman–Crippen MR) is 38.1 cm³/mol. The van der Waals surface area contributed by atoms with Gasteiger partial charge in [0.2, 0.25) is 5.91 Å². The molecule has 0 saturated carbocycles. The summed E-state index contributed by atoms with van der Waals surface area (Å²) in [7, 11) is 0. The van der Waals surface area contributed by atoms with Crippen molar-refractivity contribution in [2.45, 2.75) is 30.7 Å². The van der Waals surface area contributed by atoms with Crippen LogP contribution in [0.4, 0.5) is 0 Å². The molecule has 76 valence electrons. The van der Waals surface area contributed by atoms with E-state index < -0.39 is 36.6 Å². The minimum atomic E-state index is -1.73. The molecule has 1 amide bonds. The first-order valence-corrected chi connectivity index (χ1v) is 3.62.